The number of carbonyl (C=O) groups is 1. The molecule has 1 amide bonds. The zero-order valence-electron chi connectivity index (χ0n) is 10.3. The van der Waals surface area contributed by atoms with Gasteiger partial charge in [-0.2, -0.15) is 0 Å². The molecule has 1 aromatic rings. The van der Waals surface area contributed by atoms with Crippen molar-refractivity contribution < 1.29 is 4.79 Å². The van der Waals surface area contributed by atoms with E-state index in [4.69, 9.17) is 5.73 Å². The molecule has 1 saturated carbocycles. The van der Waals surface area contributed by atoms with Crippen molar-refractivity contribution in [2.45, 2.75) is 31.7 Å². The van der Waals surface area contributed by atoms with Gasteiger partial charge < -0.3 is 15.6 Å². The third-order valence-corrected chi connectivity index (χ3v) is 3.35. The number of aryl methyl sites for hydroxylation is 1. The number of nitrogens with two attached hydrogens (primary N) is 1. The van der Waals surface area contributed by atoms with Gasteiger partial charge in [-0.1, -0.05) is 0 Å². The van der Waals surface area contributed by atoms with Gasteiger partial charge in [0.1, 0.15) is 12.2 Å². The summed E-state index contributed by atoms with van der Waals surface area (Å²) in [5, 5.41) is 10.6. The Morgan fingerprint density at radius 2 is 2.41 bits per heavy atom. The number of nitrogens with one attached hydrogen (secondary N) is 1. The molecule has 1 fully saturated rings. The molecule has 6 nitrogen and oxygen atoms in total. The lowest BCUT2D eigenvalue weighted by Crippen LogP contribution is -2.53. The molecule has 1 aromatic heterocycles. The first kappa shape index (κ1) is 12.0. The smallest absolute Gasteiger partial charge is 0.240 e. The second-order valence-electron chi connectivity index (χ2n) is 4.92. The lowest BCUT2D eigenvalue weighted by atomic mass is 9.96. The SMILES string of the molecule is Cn1cnnc1CCNC(=O)C(C)(N)C1CC1. The zero-order chi connectivity index (χ0) is 12.5. The maximum atomic E-state index is 11.9. The summed E-state index contributed by atoms with van der Waals surface area (Å²) in [6.45, 7) is 2.35. The average molecular weight is 237 g/mol. The third kappa shape index (κ3) is 2.63. The van der Waals surface area contributed by atoms with Crippen LogP contribution in [0.4, 0.5) is 0 Å². The van der Waals surface area contributed by atoms with Gasteiger partial charge in [0.2, 0.25) is 5.91 Å². The molecule has 0 aliphatic heterocycles. The first-order valence-corrected chi connectivity index (χ1v) is 5.92. The Bertz CT molecular complexity index is 408. The molecule has 2 rings (SSSR count). The first-order valence-electron chi connectivity index (χ1n) is 5.92. The van der Waals surface area contributed by atoms with Crippen LogP contribution in [-0.2, 0) is 18.3 Å². The molecular formula is C11H19N5O. The van der Waals surface area contributed by atoms with Crippen LogP contribution in [0.25, 0.3) is 0 Å². The van der Waals surface area contributed by atoms with Crippen LogP contribution in [0.3, 0.4) is 0 Å². The summed E-state index contributed by atoms with van der Waals surface area (Å²) in [5.41, 5.74) is 5.29. The normalized spacial score (nSPS) is 18.8. The topological polar surface area (TPSA) is 85.8 Å². The largest absolute Gasteiger partial charge is 0.354 e. The average Bonchev–Trinajstić information content (AvgIpc) is 3.05. The van der Waals surface area contributed by atoms with Gasteiger partial charge in [0.15, 0.2) is 0 Å². The van der Waals surface area contributed by atoms with Crippen LogP contribution in [0, 0.1) is 5.92 Å². The van der Waals surface area contributed by atoms with Gasteiger partial charge in [0.05, 0.1) is 5.54 Å². The fourth-order valence-electron chi connectivity index (χ4n) is 1.88. The molecule has 17 heavy (non-hydrogen) atoms. The van der Waals surface area contributed by atoms with Crippen molar-refractivity contribution in [3.8, 4) is 0 Å². The maximum absolute atomic E-state index is 11.9. The van der Waals surface area contributed by atoms with Gasteiger partial charge >= 0.3 is 0 Å². The Morgan fingerprint density at radius 1 is 1.71 bits per heavy atom. The number of rotatable bonds is 5. The van der Waals surface area contributed by atoms with Gasteiger partial charge in [-0.05, 0) is 25.7 Å². The van der Waals surface area contributed by atoms with E-state index >= 15 is 0 Å². The third-order valence-electron chi connectivity index (χ3n) is 3.35. The maximum Gasteiger partial charge on any atom is 0.240 e. The molecule has 0 saturated heterocycles. The second-order valence-corrected chi connectivity index (χ2v) is 4.92. The number of amides is 1. The molecule has 1 aliphatic rings. The molecule has 6 heteroatoms. The minimum atomic E-state index is -0.722. The van der Waals surface area contributed by atoms with E-state index in [0.717, 1.165) is 18.7 Å². The highest BCUT2D eigenvalue weighted by molar-refractivity contribution is 5.86. The Labute approximate surface area is 101 Å². The van der Waals surface area contributed by atoms with Crippen LogP contribution in [0.2, 0.25) is 0 Å². The van der Waals surface area contributed by atoms with E-state index in [1.54, 1.807) is 6.33 Å². The highest BCUT2D eigenvalue weighted by atomic mass is 16.2. The van der Waals surface area contributed by atoms with Gasteiger partial charge in [0.25, 0.3) is 0 Å². The van der Waals surface area contributed by atoms with Crippen molar-refractivity contribution in [2.24, 2.45) is 18.7 Å². The zero-order valence-corrected chi connectivity index (χ0v) is 10.3. The van der Waals surface area contributed by atoms with E-state index in [2.05, 4.69) is 15.5 Å². The van der Waals surface area contributed by atoms with Crippen LogP contribution in [0.15, 0.2) is 6.33 Å². The summed E-state index contributed by atoms with van der Waals surface area (Å²) in [6, 6.07) is 0. The lowest BCUT2D eigenvalue weighted by molar-refractivity contribution is -0.126. The highest BCUT2D eigenvalue weighted by Gasteiger charge is 2.43. The summed E-state index contributed by atoms with van der Waals surface area (Å²) in [7, 11) is 1.88. The monoisotopic (exact) mass is 237 g/mol. The summed E-state index contributed by atoms with van der Waals surface area (Å²) in [5.74, 6) is 1.13. The summed E-state index contributed by atoms with van der Waals surface area (Å²) < 4.78 is 1.84. The van der Waals surface area contributed by atoms with E-state index in [1.807, 2.05) is 18.5 Å². The van der Waals surface area contributed by atoms with Crippen molar-refractivity contribution >= 4 is 5.91 Å². The fourth-order valence-corrected chi connectivity index (χ4v) is 1.88. The van der Waals surface area contributed by atoms with Crippen LogP contribution < -0.4 is 11.1 Å². The molecular weight excluding hydrogens is 218 g/mol. The summed E-state index contributed by atoms with van der Waals surface area (Å²) >= 11 is 0. The van der Waals surface area contributed by atoms with Gasteiger partial charge in [-0.3, -0.25) is 4.79 Å². The van der Waals surface area contributed by atoms with E-state index in [1.165, 1.54) is 0 Å². The molecule has 1 unspecified atom stereocenters. The molecule has 1 aliphatic carbocycles. The molecule has 0 bridgehead atoms. The van der Waals surface area contributed by atoms with Crippen LogP contribution in [-0.4, -0.2) is 32.8 Å². The summed E-state index contributed by atoms with van der Waals surface area (Å²) in [4.78, 5) is 11.9. The Morgan fingerprint density at radius 3 is 2.94 bits per heavy atom. The van der Waals surface area contributed by atoms with Gasteiger partial charge in [-0.15, -0.1) is 10.2 Å². The molecule has 0 radical (unpaired) electrons. The lowest BCUT2D eigenvalue weighted by Gasteiger charge is -2.22. The number of carbonyl (C=O) groups excluding carboxylic acids is 1. The van der Waals surface area contributed by atoms with Crippen molar-refractivity contribution in [3.05, 3.63) is 12.2 Å². The standard InChI is InChI=1S/C11H19N5O/c1-11(12,8-3-4-8)10(17)13-6-5-9-15-14-7-16(9)2/h7-8H,3-6,12H2,1-2H3,(H,13,17). The van der Waals surface area contributed by atoms with Crippen molar-refractivity contribution in [1.82, 2.24) is 20.1 Å². The molecule has 0 aromatic carbocycles. The van der Waals surface area contributed by atoms with E-state index < -0.39 is 5.54 Å². The van der Waals surface area contributed by atoms with E-state index in [9.17, 15) is 4.79 Å². The predicted molar refractivity (Wildman–Crippen MR) is 63.0 cm³/mol. The first-order chi connectivity index (χ1) is 8.01. The van der Waals surface area contributed by atoms with Crippen LogP contribution in [0.5, 0.6) is 0 Å². The van der Waals surface area contributed by atoms with Gasteiger partial charge in [-0.25, -0.2) is 0 Å². The number of hydrogen-bond acceptors (Lipinski definition) is 4. The van der Waals surface area contributed by atoms with E-state index in [0.29, 0.717) is 18.9 Å². The van der Waals surface area contributed by atoms with Gasteiger partial charge in [0, 0.05) is 20.0 Å². The molecule has 0 spiro atoms. The van der Waals surface area contributed by atoms with Crippen molar-refractivity contribution in [1.29, 1.82) is 0 Å². The Balaban J connectivity index is 1.79. The minimum Gasteiger partial charge on any atom is -0.354 e. The number of hydrogen-bond donors (Lipinski definition) is 2. The Hall–Kier alpha value is -1.43. The Kier molecular flexibility index (Phi) is 3.15. The van der Waals surface area contributed by atoms with Crippen molar-refractivity contribution in [2.75, 3.05) is 6.54 Å². The molecule has 3 N–H and O–H groups in total. The quantitative estimate of drug-likeness (QED) is 0.729. The van der Waals surface area contributed by atoms with Crippen molar-refractivity contribution in [3.63, 3.8) is 0 Å². The van der Waals surface area contributed by atoms with Crippen LogP contribution >= 0.6 is 0 Å². The number of aromatic nitrogens is 3. The molecule has 1 atom stereocenters. The highest BCUT2D eigenvalue weighted by Crippen LogP contribution is 2.37. The summed E-state index contributed by atoms with van der Waals surface area (Å²) in [6.07, 6.45) is 4.44. The molecule has 94 valence electrons. The molecule has 1 heterocycles. The number of nitrogens with zero attached hydrogens (tertiary/aromatic N) is 3. The van der Waals surface area contributed by atoms with Crippen LogP contribution in [0.1, 0.15) is 25.6 Å². The fraction of sp³-hybridized carbons (Fsp3) is 0.727. The van der Waals surface area contributed by atoms with E-state index in [-0.39, 0.29) is 5.91 Å². The predicted octanol–water partition coefficient (Wildman–Crippen LogP) is -0.399. The minimum absolute atomic E-state index is 0.0674. The second kappa shape index (κ2) is 4.44.